The Hall–Kier alpha value is -1.99. The van der Waals surface area contributed by atoms with Gasteiger partial charge in [-0.15, -0.1) is 12.4 Å². The van der Waals surface area contributed by atoms with E-state index < -0.39 is 0 Å². The number of hydrogen-bond acceptors (Lipinski definition) is 3. The predicted molar refractivity (Wildman–Crippen MR) is 147 cm³/mol. The maximum absolute atomic E-state index is 13.0. The molecule has 0 spiro atoms. The van der Waals surface area contributed by atoms with Crippen LogP contribution in [0.4, 0.5) is 4.79 Å². The van der Waals surface area contributed by atoms with Gasteiger partial charge >= 0.3 is 6.03 Å². The number of nitrogens with one attached hydrogen (secondary N) is 1. The topological polar surface area (TPSA) is 55.9 Å². The monoisotopic (exact) mass is 550 g/mol. The van der Waals surface area contributed by atoms with Crippen LogP contribution in [0.3, 0.4) is 0 Å². The second-order valence-electron chi connectivity index (χ2n) is 9.87. The number of carbonyl (C=O) groups is 2. The number of carbonyl (C=O) groups excluding carboxylic acids is 2. The lowest BCUT2D eigenvalue weighted by atomic mass is 9.84. The summed E-state index contributed by atoms with van der Waals surface area (Å²) in [6.45, 7) is 4.50. The Bertz CT molecular complexity index is 1110. The molecule has 1 N–H and O–H groups in total. The number of piperidine rings is 1. The van der Waals surface area contributed by atoms with E-state index in [0.29, 0.717) is 16.1 Å². The Labute approximate surface area is 229 Å². The van der Waals surface area contributed by atoms with Crippen LogP contribution >= 0.6 is 35.6 Å². The van der Waals surface area contributed by atoms with Gasteiger partial charge in [0.05, 0.1) is 16.1 Å². The van der Waals surface area contributed by atoms with Crippen molar-refractivity contribution in [2.45, 2.75) is 43.7 Å². The predicted octanol–water partition coefficient (Wildman–Crippen LogP) is 5.60. The van der Waals surface area contributed by atoms with E-state index in [4.69, 9.17) is 23.2 Å². The molecule has 0 bridgehead atoms. The third-order valence-corrected chi connectivity index (χ3v) is 8.61. The molecule has 3 aliphatic rings. The van der Waals surface area contributed by atoms with Gasteiger partial charge in [0.25, 0.3) is 5.91 Å². The highest BCUT2D eigenvalue weighted by Crippen LogP contribution is 2.45. The summed E-state index contributed by atoms with van der Waals surface area (Å²) in [4.78, 5) is 31.7. The molecule has 2 fully saturated rings. The number of fused-ring (bicyclic) bond motifs is 1. The van der Waals surface area contributed by atoms with Crippen LogP contribution in [-0.4, -0.2) is 72.5 Å². The number of rotatable bonds is 6. The lowest BCUT2D eigenvalue weighted by Gasteiger charge is -2.40. The summed E-state index contributed by atoms with van der Waals surface area (Å²) in [5.74, 6) is 0.157. The van der Waals surface area contributed by atoms with Gasteiger partial charge in [0, 0.05) is 50.7 Å². The van der Waals surface area contributed by atoms with Gasteiger partial charge in [-0.05, 0) is 61.6 Å². The molecule has 0 radical (unpaired) electrons. The standard InChI is InChI=1S/C27H32Cl2N4O2.ClH/c1-31-25(21-5-2-3-6-22(21)26(31)34)20(18-7-8-23(28)24(29)17-18)11-16-32-14-9-19(10-15-32)33-13-4-12-30-27(33)35;/h2-3,5-8,17,19-20,25H,4,9-16H2,1H3,(H,30,35);1H/t20?,25-;/m1./s1. The molecule has 3 heterocycles. The molecule has 2 aromatic rings. The van der Waals surface area contributed by atoms with Crippen molar-refractivity contribution in [1.82, 2.24) is 20.0 Å². The van der Waals surface area contributed by atoms with Crippen LogP contribution in [0.25, 0.3) is 0 Å². The molecule has 36 heavy (non-hydrogen) atoms. The van der Waals surface area contributed by atoms with Crippen LogP contribution in [0.1, 0.15) is 59.1 Å². The number of halogens is 3. The Kier molecular flexibility index (Phi) is 8.71. The first-order valence-corrected chi connectivity index (χ1v) is 13.3. The van der Waals surface area contributed by atoms with Crippen molar-refractivity contribution in [1.29, 1.82) is 0 Å². The zero-order chi connectivity index (χ0) is 24.5. The molecular formula is C27H33Cl3N4O2. The molecule has 5 rings (SSSR count). The zero-order valence-electron chi connectivity index (χ0n) is 20.5. The fourth-order valence-electron chi connectivity index (χ4n) is 5.98. The molecular weight excluding hydrogens is 519 g/mol. The lowest BCUT2D eigenvalue weighted by molar-refractivity contribution is 0.0740. The van der Waals surface area contributed by atoms with Gasteiger partial charge in [-0.2, -0.15) is 0 Å². The number of hydrogen-bond donors (Lipinski definition) is 1. The zero-order valence-corrected chi connectivity index (χ0v) is 22.8. The maximum atomic E-state index is 13.0. The van der Waals surface area contributed by atoms with Crippen molar-refractivity contribution in [3.63, 3.8) is 0 Å². The van der Waals surface area contributed by atoms with Crippen molar-refractivity contribution >= 4 is 47.5 Å². The van der Waals surface area contributed by atoms with E-state index >= 15 is 0 Å². The second-order valence-corrected chi connectivity index (χ2v) is 10.7. The minimum absolute atomic E-state index is 0. The quantitative estimate of drug-likeness (QED) is 0.509. The fourth-order valence-corrected chi connectivity index (χ4v) is 6.29. The van der Waals surface area contributed by atoms with Gasteiger partial charge in [0.1, 0.15) is 0 Å². The molecule has 0 aromatic heterocycles. The summed E-state index contributed by atoms with van der Waals surface area (Å²) in [5.41, 5.74) is 2.96. The SMILES string of the molecule is CN1C(=O)c2ccccc2[C@H]1C(CCN1CCC(N2CCCNC2=O)CC1)c1ccc(Cl)c(Cl)c1.Cl. The minimum Gasteiger partial charge on any atom is -0.338 e. The van der Waals surface area contributed by atoms with Crippen molar-refractivity contribution in [2.24, 2.45) is 0 Å². The molecule has 3 aliphatic heterocycles. The Morgan fingerprint density at radius 2 is 1.78 bits per heavy atom. The van der Waals surface area contributed by atoms with Gasteiger partial charge in [-0.25, -0.2) is 4.79 Å². The number of benzene rings is 2. The summed E-state index contributed by atoms with van der Waals surface area (Å²) < 4.78 is 0. The number of urea groups is 1. The molecule has 194 valence electrons. The largest absolute Gasteiger partial charge is 0.338 e. The first kappa shape index (κ1) is 27.1. The number of likely N-dealkylation sites (tertiary alicyclic amines) is 1. The maximum Gasteiger partial charge on any atom is 0.317 e. The van der Waals surface area contributed by atoms with E-state index in [0.717, 1.165) is 75.1 Å². The van der Waals surface area contributed by atoms with Gasteiger partial charge in [0.2, 0.25) is 0 Å². The van der Waals surface area contributed by atoms with E-state index in [1.54, 1.807) is 0 Å². The van der Waals surface area contributed by atoms with Crippen molar-refractivity contribution in [3.05, 3.63) is 69.2 Å². The smallest absolute Gasteiger partial charge is 0.317 e. The minimum atomic E-state index is -0.0504. The summed E-state index contributed by atoms with van der Waals surface area (Å²) in [6, 6.07) is 14.1. The third-order valence-electron chi connectivity index (χ3n) is 7.87. The number of nitrogens with zero attached hydrogens (tertiary/aromatic N) is 3. The summed E-state index contributed by atoms with van der Waals surface area (Å²) in [5, 5.41) is 4.05. The Morgan fingerprint density at radius 3 is 2.50 bits per heavy atom. The van der Waals surface area contributed by atoms with Crippen LogP contribution in [0.5, 0.6) is 0 Å². The summed E-state index contributed by atoms with van der Waals surface area (Å²) in [7, 11) is 1.90. The van der Waals surface area contributed by atoms with E-state index in [2.05, 4.69) is 16.3 Å². The molecule has 1 unspecified atom stereocenters. The molecule has 3 amide bonds. The molecule has 2 atom stereocenters. The highest BCUT2D eigenvalue weighted by atomic mass is 35.5. The molecule has 0 aliphatic carbocycles. The summed E-state index contributed by atoms with van der Waals surface area (Å²) in [6.07, 6.45) is 3.90. The molecule has 2 saturated heterocycles. The van der Waals surface area contributed by atoms with Crippen LogP contribution in [0, 0.1) is 0 Å². The van der Waals surface area contributed by atoms with Gasteiger partial charge in [-0.3, -0.25) is 4.79 Å². The highest BCUT2D eigenvalue weighted by Gasteiger charge is 2.40. The van der Waals surface area contributed by atoms with E-state index in [1.165, 1.54) is 0 Å². The van der Waals surface area contributed by atoms with Crippen LogP contribution in [-0.2, 0) is 0 Å². The molecule has 6 nitrogen and oxygen atoms in total. The van der Waals surface area contributed by atoms with E-state index in [-0.39, 0.29) is 36.3 Å². The van der Waals surface area contributed by atoms with Crippen molar-refractivity contribution in [3.8, 4) is 0 Å². The number of likely N-dealkylation sites (N-methyl/N-ethyl adjacent to an activating group) is 1. The van der Waals surface area contributed by atoms with Crippen molar-refractivity contribution < 1.29 is 9.59 Å². The van der Waals surface area contributed by atoms with Gasteiger partial charge in [0.15, 0.2) is 0 Å². The van der Waals surface area contributed by atoms with Gasteiger partial charge < -0.3 is 20.0 Å². The van der Waals surface area contributed by atoms with E-state index in [9.17, 15) is 9.59 Å². The highest BCUT2D eigenvalue weighted by molar-refractivity contribution is 6.42. The van der Waals surface area contributed by atoms with Crippen LogP contribution in [0.15, 0.2) is 42.5 Å². The second kappa shape index (κ2) is 11.6. The van der Waals surface area contributed by atoms with Gasteiger partial charge in [-0.1, -0.05) is 47.5 Å². The third kappa shape index (κ3) is 5.33. The van der Waals surface area contributed by atoms with Crippen LogP contribution < -0.4 is 5.32 Å². The first-order chi connectivity index (χ1) is 16.9. The van der Waals surface area contributed by atoms with Crippen molar-refractivity contribution in [2.75, 3.05) is 39.8 Å². The lowest BCUT2D eigenvalue weighted by Crippen LogP contribution is -2.54. The molecule has 0 saturated carbocycles. The summed E-state index contributed by atoms with van der Waals surface area (Å²) >= 11 is 12.6. The van der Waals surface area contributed by atoms with E-state index in [1.807, 2.05) is 53.2 Å². The normalized spacial score (nSPS) is 21.7. The average Bonchev–Trinajstić information content (AvgIpc) is 3.12. The Balaban J connectivity index is 0.00000304. The average molecular weight is 552 g/mol. The van der Waals surface area contributed by atoms with Crippen LogP contribution in [0.2, 0.25) is 10.0 Å². The number of amides is 3. The fraction of sp³-hybridized carbons (Fsp3) is 0.481. The first-order valence-electron chi connectivity index (χ1n) is 12.5. The Morgan fingerprint density at radius 1 is 1.03 bits per heavy atom. The molecule has 9 heteroatoms. The molecule has 2 aromatic carbocycles.